The third-order valence-electron chi connectivity index (χ3n) is 3.92. The van der Waals surface area contributed by atoms with Crippen LogP contribution in [0.1, 0.15) is 59.3 Å². The highest BCUT2D eigenvalue weighted by atomic mass is 15.3. The van der Waals surface area contributed by atoms with Crippen molar-refractivity contribution in [2.45, 2.75) is 59.3 Å². The molecule has 0 atom stereocenters. The predicted octanol–water partition coefficient (Wildman–Crippen LogP) is 3.62. The van der Waals surface area contributed by atoms with Crippen LogP contribution in [0.15, 0.2) is 0 Å². The van der Waals surface area contributed by atoms with Crippen LogP contribution in [-0.2, 0) is 0 Å². The lowest BCUT2D eigenvalue weighted by Crippen LogP contribution is -2.47. The highest BCUT2D eigenvalue weighted by molar-refractivity contribution is 4.72. The molecule has 2 heteroatoms. The maximum atomic E-state index is 2.66. The molecule has 0 bridgehead atoms. The maximum absolute atomic E-state index is 2.66. The molecule has 0 saturated carbocycles. The summed E-state index contributed by atoms with van der Waals surface area (Å²) in [7, 11) is 0. The van der Waals surface area contributed by atoms with Crippen molar-refractivity contribution in [1.29, 1.82) is 0 Å². The van der Waals surface area contributed by atoms with Gasteiger partial charge in [0.05, 0.1) is 0 Å². The molecule has 2 nitrogen and oxygen atoms in total. The molecule has 0 radical (unpaired) electrons. The van der Waals surface area contributed by atoms with E-state index in [9.17, 15) is 0 Å². The first kappa shape index (κ1) is 16.0. The lowest BCUT2D eigenvalue weighted by molar-refractivity contribution is 0.121. The Morgan fingerprint density at radius 2 is 1.33 bits per heavy atom. The maximum Gasteiger partial charge on any atom is 0.0110 e. The van der Waals surface area contributed by atoms with Crippen molar-refractivity contribution < 1.29 is 0 Å². The fraction of sp³-hybridized carbons (Fsp3) is 1.00. The van der Waals surface area contributed by atoms with Gasteiger partial charge in [0.1, 0.15) is 0 Å². The van der Waals surface area contributed by atoms with Crippen molar-refractivity contribution in [3.8, 4) is 0 Å². The summed E-state index contributed by atoms with van der Waals surface area (Å²) < 4.78 is 0. The van der Waals surface area contributed by atoms with E-state index in [2.05, 4.69) is 30.6 Å². The van der Waals surface area contributed by atoms with Crippen LogP contribution in [0.5, 0.6) is 0 Å². The molecule has 0 unspecified atom stereocenters. The van der Waals surface area contributed by atoms with Crippen molar-refractivity contribution >= 4 is 0 Å². The van der Waals surface area contributed by atoms with Crippen LogP contribution in [0.4, 0.5) is 0 Å². The van der Waals surface area contributed by atoms with Crippen molar-refractivity contribution in [2.75, 3.05) is 39.3 Å². The van der Waals surface area contributed by atoms with E-state index in [-0.39, 0.29) is 0 Å². The SMILES string of the molecule is CCCCCCCCN1CCN(CC(C)C)CC1. The first-order valence-corrected chi connectivity index (χ1v) is 8.17. The topological polar surface area (TPSA) is 6.48 Å². The van der Waals surface area contributed by atoms with E-state index in [1.54, 1.807) is 0 Å². The Labute approximate surface area is 115 Å². The predicted molar refractivity (Wildman–Crippen MR) is 81.1 cm³/mol. The summed E-state index contributed by atoms with van der Waals surface area (Å²) >= 11 is 0. The normalized spacial score (nSPS) is 18.7. The molecule has 0 aromatic rings. The van der Waals surface area contributed by atoms with E-state index in [0.29, 0.717) is 0 Å². The minimum absolute atomic E-state index is 0.815. The molecule has 0 aromatic carbocycles. The van der Waals surface area contributed by atoms with Gasteiger partial charge in [-0.3, -0.25) is 0 Å². The van der Waals surface area contributed by atoms with Gasteiger partial charge in [-0.1, -0.05) is 52.9 Å². The molecule has 1 heterocycles. The molecule has 1 rings (SSSR count). The Morgan fingerprint density at radius 1 is 0.778 bits per heavy atom. The lowest BCUT2D eigenvalue weighted by atomic mass is 10.1. The molecule has 0 amide bonds. The second-order valence-corrected chi connectivity index (χ2v) is 6.30. The Hall–Kier alpha value is -0.0800. The Kier molecular flexibility index (Phi) is 8.70. The lowest BCUT2D eigenvalue weighted by Gasteiger charge is -2.35. The molecule has 0 aromatic heterocycles. The Balaban J connectivity index is 1.95. The first-order chi connectivity index (χ1) is 8.72. The van der Waals surface area contributed by atoms with Gasteiger partial charge in [-0.2, -0.15) is 0 Å². The summed E-state index contributed by atoms with van der Waals surface area (Å²) in [5, 5.41) is 0. The number of piperazine rings is 1. The average molecular weight is 254 g/mol. The summed E-state index contributed by atoms with van der Waals surface area (Å²) in [6.45, 7) is 14.7. The van der Waals surface area contributed by atoms with Crippen molar-refractivity contribution in [3.63, 3.8) is 0 Å². The number of hydrogen-bond donors (Lipinski definition) is 0. The fourth-order valence-corrected chi connectivity index (χ4v) is 2.83. The second-order valence-electron chi connectivity index (χ2n) is 6.30. The van der Waals surface area contributed by atoms with E-state index >= 15 is 0 Å². The summed E-state index contributed by atoms with van der Waals surface area (Å²) in [6.07, 6.45) is 8.52. The minimum atomic E-state index is 0.815. The van der Waals surface area contributed by atoms with Crippen LogP contribution in [0.3, 0.4) is 0 Å². The molecule has 0 spiro atoms. The molecule has 1 saturated heterocycles. The molecular formula is C16H34N2. The van der Waals surface area contributed by atoms with Gasteiger partial charge >= 0.3 is 0 Å². The molecule has 1 fully saturated rings. The zero-order valence-corrected chi connectivity index (χ0v) is 13.0. The largest absolute Gasteiger partial charge is 0.301 e. The molecule has 1 aliphatic heterocycles. The quantitative estimate of drug-likeness (QED) is 0.580. The van der Waals surface area contributed by atoms with Gasteiger partial charge in [-0.05, 0) is 18.9 Å². The monoisotopic (exact) mass is 254 g/mol. The van der Waals surface area contributed by atoms with Crippen LogP contribution >= 0.6 is 0 Å². The number of nitrogens with zero attached hydrogens (tertiary/aromatic N) is 2. The molecular weight excluding hydrogens is 220 g/mol. The van der Waals surface area contributed by atoms with E-state index in [1.807, 2.05) is 0 Å². The smallest absolute Gasteiger partial charge is 0.0110 e. The van der Waals surface area contributed by atoms with Gasteiger partial charge in [-0.15, -0.1) is 0 Å². The van der Waals surface area contributed by atoms with E-state index in [4.69, 9.17) is 0 Å². The van der Waals surface area contributed by atoms with Gasteiger partial charge in [-0.25, -0.2) is 0 Å². The fourth-order valence-electron chi connectivity index (χ4n) is 2.83. The van der Waals surface area contributed by atoms with Crippen molar-refractivity contribution in [1.82, 2.24) is 9.80 Å². The van der Waals surface area contributed by atoms with Crippen molar-refractivity contribution in [3.05, 3.63) is 0 Å². The Bertz CT molecular complexity index is 184. The van der Waals surface area contributed by atoms with Gasteiger partial charge in [0.25, 0.3) is 0 Å². The number of unbranched alkanes of at least 4 members (excludes halogenated alkanes) is 5. The average Bonchev–Trinajstić information content (AvgIpc) is 2.35. The summed E-state index contributed by atoms with van der Waals surface area (Å²) in [5.74, 6) is 0.815. The van der Waals surface area contributed by atoms with Gasteiger partial charge in [0, 0.05) is 32.7 Å². The zero-order valence-electron chi connectivity index (χ0n) is 13.0. The molecule has 108 valence electrons. The van der Waals surface area contributed by atoms with Gasteiger partial charge in [0.2, 0.25) is 0 Å². The van der Waals surface area contributed by atoms with E-state index in [0.717, 1.165) is 5.92 Å². The molecule has 1 aliphatic rings. The second kappa shape index (κ2) is 9.80. The summed E-state index contributed by atoms with van der Waals surface area (Å²) in [5.41, 5.74) is 0. The highest BCUT2D eigenvalue weighted by Gasteiger charge is 2.16. The molecule has 18 heavy (non-hydrogen) atoms. The molecule has 0 aliphatic carbocycles. The van der Waals surface area contributed by atoms with Crippen molar-refractivity contribution in [2.24, 2.45) is 5.92 Å². The standard InChI is InChI=1S/C16H34N2/c1-4-5-6-7-8-9-10-17-11-13-18(14-12-17)15-16(2)3/h16H,4-15H2,1-3H3. The Morgan fingerprint density at radius 3 is 1.94 bits per heavy atom. The van der Waals surface area contributed by atoms with E-state index < -0.39 is 0 Å². The summed E-state index contributed by atoms with van der Waals surface area (Å²) in [6, 6.07) is 0. The van der Waals surface area contributed by atoms with Crippen LogP contribution in [-0.4, -0.2) is 49.1 Å². The minimum Gasteiger partial charge on any atom is -0.301 e. The van der Waals surface area contributed by atoms with Crippen LogP contribution in [0, 0.1) is 5.92 Å². The number of rotatable bonds is 9. The zero-order chi connectivity index (χ0) is 13.2. The highest BCUT2D eigenvalue weighted by Crippen LogP contribution is 2.09. The number of hydrogen-bond acceptors (Lipinski definition) is 2. The third kappa shape index (κ3) is 7.38. The van der Waals surface area contributed by atoms with Gasteiger partial charge in [0.15, 0.2) is 0 Å². The summed E-state index contributed by atoms with van der Waals surface area (Å²) in [4.78, 5) is 5.29. The first-order valence-electron chi connectivity index (χ1n) is 8.17. The van der Waals surface area contributed by atoms with Crippen LogP contribution < -0.4 is 0 Å². The molecule has 0 N–H and O–H groups in total. The van der Waals surface area contributed by atoms with Crippen LogP contribution in [0.2, 0.25) is 0 Å². The van der Waals surface area contributed by atoms with Crippen LogP contribution in [0.25, 0.3) is 0 Å². The third-order valence-corrected chi connectivity index (χ3v) is 3.92. The van der Waals surface area contributed by atoms with E-state index in [1.165, 1.54) is 77.8 Å². The van der Waals surface area contributed by atoms with Gasteiger partial charge < -0.3 is 9.80 Å².